The fraction of sp³-hybridized carbons (Fsp3) is 0.759. The van der Waals surface area contributed by atoms with E-state index in [1.807, 2.05) is 6.08 Å². The maximum atomic E-state index is 13.4. The maximum Gasteiger partial charge on any atom is 0.220 e. The molecule has 0 aromatic carbocycles. The van der Waals surface area contributed by atoms with Crippen LogP contribution in [0.4, 0.5) is 0 Å². The van der Waals surface area contributed by atoms with Crippen LogP contribution in [0.5, 0.6) is 0 Å². The molecule has 2 heterocycles. The third kappa shape index (κ3) is 52.1. The summed E-state index contributed by atoms with van der Waals surface area (Å²) >= 11 is 0. The third-order valence-corrected chi connectivity index (χ3v) is 19.4. The zero-order chi connectivity index (χ0) is 73.0. The van der Waals surface area contributed by atoms with Gasteiger partial charge in [0.15, 0.2) is 12.6 Å². The first kappa shape index (κ1) is 93.5. The predicted molar refractivity (Wildman–Crippen MR) is 419 cm³/mol. The molecule has 2 saturated heterocycles. The van der Waals surface area contributed by atoms with Crippen molar-refractivity contribution in [3.05, 3.63) is 122 Å². The molecule has 582 valence electrons. The van der Waals surface area contributed by atoms with Gasteiger partial charge in [-0.25, -0.2) is 0 Å². The average molecular weight is 1420 g/mol. The minimum Gasteiger partial charge on any atom is -0.394 e. The van der Waals surface area contributed by atoms with Gasteiger partial charge in [0.05, 0.1) is 32.0 Å². The Kier molecular flexibility index (Phi) is 64.3. The summed E-state index contributed by atoms with van der Waals surface area (Å²) in [5, 5.41) is 87.7. The molecule has 2 rings (SSSR count). The number of ether oxygens (including phenoxy) is 4. The second-order valence-electron chi connectivity index (χ2n) is 28.5. The van der Waals surface area contributed by atoms with Crippen molar-refractivity contribution in [3.63, 3.8) is 0 Å². The monoisotopic (exact) mass is 1420 g/mol. The van der Waals surface area contributed by atoms with Crippen LogP contribution in [0.15, 0.2) is 122 Å². The number of hydrogen-bond donors (Lipinski definition) is 9. The Hall–Kier alpha value is -3.61. The summed E-state index contributed by atoms with van der Waals surface area (Å²) < 4.78 is 22.9. The Morgan fingerprint density at radius 1 is 0.366 bits per heavy atom. The van der Waals surface area contributed by atoms with Gasteiger partial charge in [0, 0.05) is 6.42 Å². The molecule has 0 aromatic heterocycles. The van der Waals surface area contributed by atoms with Crippen molar-refractivity contribution in [3.8, 4) is 0 Å². The Morgan fingerprint density at radius 3 is 1.09 bits per heavy atom. The van der Waals surface area contributed by atoms with Crippen molar-refractivity contribution in [1.29, 1.82) is 0 Å². The van der Waals surface area contributed by atoms with Gasteiger partial charge in [0.25, 0.3) is 0 Å². The van der Waals surface area contributed by atoms with E-state index in [4.69, 9.17) is 18.9 Å². The first-order valence-corrected chi connectivity index (χ1v) is 41.3. The quantitative estimate of drug-likeness (QED) is 0.0204. The zero-order valence-corrected chi connectivity index (χ0v) is 63.9. The van der Waals surface area contributed by atoms with Crippen LogP contribution < -0.4 is 5.32 Å². The van der Waals surface area contributed by atoms with E-state index in [1.54, 1.807) is 6.08 Å². The summed E-state index contributed by atoms with van der Waals surface area (Å²) in [4.78, 5) is 13.4. The lowest BCUT2D eigenvalue weighted by molar-refractivity contribution is -0.359. The predicted octanol–water partition coefficient (Wildman–Crippen LogP) is 19.2. The summed E-state index contributed by atoms with van der Waals surface area (Å²) in [6, 6.07) is -0.945. The molecule has 2 aliphatic heterocycles. The summed E-state index contributed by atoms with van der Waals surface area (Å²) in [5.41, 5.74) is 0. The van der Waals surface area contributed by atoms with Crippen molar-refractivity contribution in [1.82, 2.24) is 5.32 Å². The second kappa shape index (κ2) is 69.4. The van der Waals surface area contributed by atoms with E-state index >= 15 is 0 Å². The maximum absolute atomic E-state index is 13.4. The highest BCUT2D eigenvalue weighted by Gasteiger charge is 2.51. The van der Waals surface area contributed by atoms with Gasteiger partial charge in [0.2, 0.25) is 5.91 Å². The van der Waals surface area contributed by atoms with E-state index in [0.29, 0.717) is 12.8 Å². The fourth-order valence-corrected chi connectivity index (χ4v) is 12.9. The average Bonchev–Trinajstić information content (AvgIpc) is 0.791. The normalized spacial score (nSPS) is 22.4. The van der Waals surface area contributed by atoms with Crippen LogP contribution in [0.1, 0.15) is 328 Å². The molecule has 101 heavy (non-hydrogen) atoms. The number of amides is 1. The molecular formula is C87H151NO13. The van der Waals surface area contributed by atoms with Gasteiger partial charge in [-0.3, -0.25) is 4.79 Å². The molecule has 0 saturated carbocycles. The summed E-state index contributed by atoms with van der Waals surface area (Å²) in [6.07, 6.45) is 85.7. The van der Waals surface area contributed by atoms with Crippen LogP contribution in [0.2, 0.25) is 0 Å². The molecule has 0 radical (unpaired) electrons. The highest BCUT2D eigenvalue weighted by Crippen LogP contribution is 2.30. The zero-order valence-electron chi connectivity index (χ0n) is 63.9. The summed E-state index contributed by atoms with van der Waals surface area (Å²) in [7, 11) is 0. The largest absolute Gasteiger partial charge is 0.394 e. The molecule has 2 fully saturated rings. The minimum absolute atomic E-state index is 0.255. The third-order valence-electron chi connectivity index (χ3n) is 19.4. The van der Waals surface area contributed by atoms with Crippen molar-refractivity contribution >= 4 is 5.91 Å². The van der Waals surface area contributed by atoms with Crippen LogP contribution in [-0.4, -0.2) is 140 Å². The van der Waals surface area contributed by atoms with Crippen molar-refractivity contribution < 1.29 is 64.6 Å². The second-order valence-corrected chi connectivity index (χ2v) is 28.5. The fourth-order valence-electron chi connectivity index (χ4n) is 12.9. The van der Waals surface area contributed by atoms with Crippen LogP contribution in [0, 0.1) is 0 Å². The van der Waals surface area contributed by atoms with Gasteiger partial charge < -0.3 is 65.1 Å². The number of hydrogen-bond acceptors (Lipinski definition) is 13. The van der Waals surface area contributed by atoms with Gasteiger partial charge in [0.1, 0.15) is 48.8 Å². The molecule has 12 atom stereocenters. The number of allylic oxidation sites excluding steroid dienone is 19. The van der Waals surface area contributed by atoms with E-state index < -0.39 is 86.8 Å². The molecule has 12 unspecified atom stereocenters. The topological polar surface area (TPSA) is 228 Å². The number of unbranched alkanes of at least 4 members (excludes halogenated alkanes) is 37. The minimum atomic E-state index is -1.80. The Balaban J connectivity index is 1.64. The molecule has 14 nitrogen and oxygen atoms in total. The van der Waals surface area contributed by atoms with Gasteiger partial charge in [-0.15, -0.1) is 0 Å². The lowest BCUT2D eigenvalue weighted by atomic mass is 9.97. The van der Waals surface area contributed by atoms with Gasteiger partial charge >= 0.3 is 0 Å². The van der Waals surface area contributed by atoms with Crippen LogP contribution in [-0.2, 0) is 23.7 Å². The number of carbonyl (C=O) groups is 1. The number of aliphatic hydroxyl groups is 8. The summed E-state index contributed by atoms with van der Waals surface area (Å²) in [6.45, 7) is 2.70. The Morgan fingerprint density at radius 2 is 0.693 bits per heavy atom. The van der Waals surface area contributed by atoms with Crippen molar-refractivity contribution in [2.45, 2.75) is 402 Å². The molecule has 0 aliphatic carbocycles. The lowest BCUT2D eigenvalue weighted by Crippen LogP contribution is -2.65. The number of aliphatic hydroxyl groups excluding tert-OH is 8. The van der Waals surface area contributed by atoms with Crippen LogP contribution >= 0.6 is 0 Å². The number of carbonyl (C=O) groups excluding carboxylic acids is 1. The lowest BCUT2D eigenvalue weighted by Gasteiger charge is -2.46. The molecule has 1 amide bonds. The first-order valence-electron chi connectivity index (χ1n) is 41.3. The molecular weight excluding hydrogens is 1270 g/mol. The standard InChI is InChI=1S/C87H151NO13/c1-3-5-7-9-11-13-15-17-19-21-23-25-27-29-31-33-35-37-38-39-41-43-45-47-49-51-53-55-57-59-61-63-65-67-69-71-79(92)88-75(74-98-86-84(97)82(95)85(78(73-90)100-86)101-87-83(96)81(94)80(93)77(72-89)99-87)76(91)70-68-66-64-62-60-58-56-54-52-50-48-46-44-42-40-36-34-32-30-28-26-24-22-20-18-16-14-12-10-8-6-4-2/h5,7,11,13,17,19,23,25,29,31,35,37,39,41,45,47,60,62,68,70,75-78,80-87,89-91,93-97H,3-4,6,8-10,12,14-16,18,20-22,24,26-28,30,32-34,36,38,40,42-44,46,48-59,61,63-67,69,71-74H2,1-2H3,(H,88,92)/b7-5-,13-11-,19-17-,25-23-,31-29-,37-35-,41-39-,47-45-,62-60+,70-68+. The molecule has 0 aromatic rings. The Labute approximate surface area is 616 Å². The molecule has 14 heteroatoms. The highest BCUT2D eigenvalue weighted by molar-refractivity contribution is 5.76. The van der Waals surface area contributed by atoms with Crippen LogP contribution in [0.3, 0.4) is 0 Å². The SMILES string of the molecule is CC/C=C\C/C=C\C/C=C\C/C=C\C/C=C\C/C=C\C/C=C\C/C=C\CCCCCCCCCCCCC(=O)NC(COC1OC(CO)C(OC2OC(CO)C(O)C(O)C2O)C(O)C1O)C(O)/C=C/CC/C=C/CCCCCCCCCCCCCCCCCCCCCCCCCCCC. The van der Waals surface area contributed by atoms with E-state index in [0.717, 1.165) is 89.9 Å². The van der Waals surface area contributed by atoms with Gasteiger partial charge in [-0.1, -0.05) is 347 Å². The van der Waals surface area contributed by atoms with Gasteiger partial charge in [-0.05, 0) is 96.3 Å². The number of nitrogens with one attached hydrogen (secondary N) is 1. The Bertz CT molecular complexity index is 2170. The van der Waals surface area contributed by atoms with Crippen molar-refractivity contribution in [2.75, 3.05) is 19.8 Å². The van der Waals surface area contributed by atoms with E-state index in [-0.39, 0.29) is 18.9 Å². The van der Waals surface area contributed by atoms with E-state index in [9.17, 15) is 45.6 Å². The van der Waals surface area contributed by atoms with Gasteiger partial charge in [-0.2, -0.15) is 0 Å². The molecule has 9 N–H and O–H groups in total. The van der Waals surface area contributed by atoms with E-state index in [2.05, 4.69) is 129 Å². The summed E-state index contributed by atoms with van der Waals surface area (Å²) in [5.74, 6) is -0.255. The smallest absolute Gasteiger partial charge is 0.220 e. The molecule has 0 spiro atoms. The highest BCUT2D eigenvalue weighted by atomic mass is 16.7. The molecule has 2 aliphatic rings. The van der Waals surface area contributed by atoms with Crippen molar-refractivity contribution in [2.24, 2.45) is 0 Å². The van der Waals surface area contributed by atoms with Crippen LogP contribution in [0.25, 0.3) is 0 Å². The number of rotatable bonds is 68. The molecule has 0 bridgehead atoms. The van der Waals surface area contributed by atoms with E-state index in [1.165, 1.54) is 205 Å². The first-order chi connectivity index (χ1) is 49.6.